The molecule has 0 saturated heterocycles. The van der Waals surface area contributed by atoms with E-state index in [1.807, 2.05) is 11.4 Å². The minimum Gasteiger partial charge on any atom is -0.324 e. The highest BCUT2D eigenvalue weighted by Crippen LogP contribution is 2.20. The fourth-order valence-corrected chi connectivity index (χ4v) is 2.82. The molecule has 2 rings (SSSR count). The first-order valence-corrected chi connectivity index (χ1v) is 8.28. The van der Waals surface area contributed by atoms with Gasteiger partial charge in [-0.25, -0.2) is 5.14 Å². The molecule has 0 aliphatic rings. The lowest BCUT2D eigenvalue weighted by molar-refractivity contribution is -0.117. The fraction of sp³-hybridized carbons (Fsp3) is 0.0833. The third kappa shape index (κ3) is 4.53. The zero-order valence-corrected chi connectivity index (χ0v) is 12.4. The molecule has 6 N–H and O–H groups in total. The van der Waals surface area contributed by atoms with Crippen LogP contribution in [0.25, 0.3) is 0 Å². The molecule has 0 spiro atoms. The molecule has 1 aromatic carbocycles. The number of hydrogen-bond donors (Lipinski definition) is 4. The summed E-state index contributed by atoms with van der Waals surface area (Å²) >= 11 is 1.39. The van der Waals surface area contributed by atoms with Crippen molar-refractivity contribution in [2.45, 2.75) is 6.04 Å². The molecular formula is C12H14N4O3S2. The maximum absolute atomic E-state index is 12.0. The van der Waals surface area contributed by atoms with E-state index in [1.54, 1.807) is 18.2 Å². The molecule has 112 valence electrons. The molecule has 0 aliphatic heterocycles. The lowest BCUT2D eigenvalue weighted by atomic mass is 10.2. The summed E-state index contributed by atoms with van der Waals surface area (Å²) in [4.78, 5) is 12.8. The Morgan fingerprint density at radius 2 is 1.90 bits per heavy atom. The largest absolute Gasteiger partial charge is 0.324 e. The van der Waals surface area contributed by atoms with Crippen molar-refractivity contribution in [3.05, 3.63) is 46.7 Å². The van der Waals surface area contributed by atoms with Crippen molar-refractivity contribution >= 4 is 38.8 Å². The number of amides is 1. The van der Waals surface area contributed by atoms with Crippen molar-refractivity contribution in [2.75, 3.05) is 10.0 Å². The molecular weight excluding hydrogens is 312 g/mol. The second-order valence-electron chi connectivity index (χ2n) is 4.21. The van der Waals surface area contributed by atoms with Gasteiger partial charge in [-0.2, -0.15) is 8.42 Å². The van der Waals surface area contributed by atoms with Gasteiger partial charge < -0.3 is 11.1 Å². The zero-order valence-electron chi connectivity index (χ0n) is 10.8. The fourth-order valence-electron chi connectivity index (χ4n) is 1.64. The van der Waals surface area contributed by atoms with Gasteiger partial charge in [0.25, 0.3) is 10.2 Å². The van der Waals surface area contributed by atoms with Gasteiger partial charge in [-0.15, -0.1) is 11.3 Å². The summed E-state index contributed by atoms with van der Waals surface area (Å²) in [5, 5.41) is 9.34. The lowest BCUT2D eigenvalue weighted by Gasteiger charge is -2.12. The highest BCUT2D eigenvalue weighted by Gasteiger charge is 2.16. The van der Waals surface area contributed by atoms with Gasteiger partial charge in [0.2, 0.25) is 5.91 Å². The maximum Gasteiger partial charge on any atom is 0.296 e. The molecule has 1 unspecified atom stereocenters. The average molecular weight is 326 g/mol. The second-order valence-corrected chi connectivity index (χ2v) is 6.48. The monoisotopic (exact) mass is 326 g/mol. The second kappa shape index (κ2) is 6.22. The normalized spacial score (nSPS) is 12.7. The number of carbonyl (C=O) groups excluding carboxylic acids is 1. The predicted octanol–water partition coefficient (Wildman–Crippen LogP) is 1.00. The van der Waals surface area contributed by atoms with Crippen molar-refractivity contribution in [2.24, 2.45) is 10.9 Å². The van der Waals surface area contributed by atoms with Crippen molar-refractivity contribution in [3.8, 4) is 0 Å². The standard InChI is InChI=1S/C12H14N4O3S2/c13-11(10-5-2-6-20-10)12(17)15-8-3-1-4-9(7-8)16-21(14,18)19/h1-7,11,16H,13H2,(H,15,17)(H2,14,18,19). The van der Waals surface area contributed by atoms with Crippen molar-refractivity contribution in [1.82, 2.24) is 0 Å². The van der Waals surface area contributed by atoms with E-state index in [4.69, 9.17) is 10.9 Å². The van der Waals surface area contributed by atoms with Gasteiger partial charge in [0.1, 0.15) is 6.04 Å². The van der Waals surface area contributed by atoms with Crippen LogP contribution in [-0.2, 0) is 15.0 Å². The molecule has 7 nitrogen and oxygen atoms in total. The van der Waals surface area contributed by atoms with Gasteiger partial charge in [0, 0.05) is 10.6 Å². The Morgan fingerprint density at radius 1 is 1.19 bits per heavy atom. The molecule has 9 heteroatoms. The molecule has 21 heavy (non-hydrogen) atoms. The number of thiophene rings is 1. The molecule has 1 amide bonds. The number of benzene rings is 1. The third-order valence-electron chi connectivity index (χ3n) is 2.52. The summed E-state index contributed by atoms with van der Waals surface area (Å²) in [7, 11) is -3.86. The van der Waals surface area contributed by atoms with Gasteiger partial charge in [0.05, 0.1) is 5.69 Å². The highest BCUT2D eigenvalue weighted by atomic mass is 32.2. The van der Waals surface area contributed by atoms with E-state index in [0.717, 1.165) is 4.88 Å². The quantitative estimate of drug-likeness (QED) is 0.653. The first kappa shape index (κ1) is 15.4. The Labute approximate surface area is 126 Å². The Hall–Kier alpha value is -1.94. The molecule has 0 bridgehead atoms. The number of anilines is 2. The van der Waals surface area contributed by atoms with E-state index in [-0.39, 0.29) is 11.6 Å². The van der Waals surface area contributed by atoms with Gasteiger partial charge >= 0.3 is 0 Å². The van der Waals surface area contributed by atoms with E-state index >= 15 is 0 Å². The van der Waals surface area contributed by atoms with E-state index in [0.29, 0.717) is 5.69 Å². The number of carbonyl (C=O) groups is 1. The van der Waals surface area contributed by atoms with Crippen LogP contribution in [0.1, 0.15) is 10.9 Å². The molecule has 0 aliphatic carbocycles. The summed E-state index contributed by atoms with van der Waals surface area (Å²) in [6.45, 7) is 0. The topological polar surface area (TPSA) is 127 Å². The Morgan fingerprint density at radius 3 is 2.52 bits per heavy atom. The van der Waals surface area contributed by atoms with Crippen molar-refractivity contribution in [1.29, 1.82) is 0 Å². The Bertz CT molecular complexity index is 729. The molecule has 2 aromatic rings. The molecule has 1 heterocycles. The summed E-state index contributed by atoms with van der Waals surface area (Å²) in [5.74, 6) is -0.384. The van der Waals surface area contributed by atoms with Crippen LogP contribution in [0.3, 0.4) is 0 Å². The van der Waals surface area contributed by atoms with Gasteiger partial charge in [-0.3, -0.25) is 9.52 Å². The van der Waals surface area contributed by atoms with E-state index in [1.165, 1.54) is 23.5 Å². The minimum absolute atomic E-state index is 0.250. The molecule has 0 radical (unpaired) electrons. The van der Waals surface area contributed by atoms with Crippen LogP contribution in [0.4, 0.5) is 11.4 Å². The third-order valence-corrected chi connectivity index (χ3v) is 4.00. The van der Waals surface area contributed by atoms with E-state index in [9.17, 15) is 13.2 Å². The average Bonchev–Trinajstić information content (AvgIpc) is 2.89. The van der Waals surface area contributed by atoms with Crippen LogP contribution in [0.5, 0.6) is 0 Å². The minimum atomic E-state index is -3.86. The number of rotatable bonds is 5. The lowest BCUT2D eigenvalue weighted by Crippen LogP contribution is -2.27. The molecule has 0 fully saturated rings. The zero-order chi connectivity index (χ0) is 15.5. The Balaban J connectivity index is 2.09. The Kier molecular flexibility index (Phi) is 4.58. The number of nitrogens with two attached hydrogens (primary N) is 2. The SMILES string of the molecule is NC(C(=O)Nc1cccc(NS(N)(=O)=O)c1)c1cccs1. The van der Waals surface area contributed by atoms with Crippen molar-refractivity contribution < 1.29 is 13.2 Å². The molecule has 1 atom stereocenters. The van der Waals surface area contributed by atoms with Gasteiger partial charge in [-0.1, -0.05) is 12.1 Å². The van der Waals surface area contributed by atoms with Gasteiger partial charge in [-0.05, 0) is 29.6 Å². The van der Waals surface area contributed by atoms with Crippen LogP contribution in [0, 0.1) is 0 Å². The number of hydrogen-bond acceptors (Lipinski definition) is 5. The summed E-state index contributed by atoms with van der Waals surface area (Å²) in [5.41, 5.74) is 6.50. The van der Waals surface area contributed by atoms with Crippen LogP contribution >= 0.6 is 11.3 Å². The summed E-state index contributed by atoms with van der Waals surface area (Å²) in [6, 6.07) is 8.97. The van der Waals surface area contributed by atoms with Crippen LogP contribution in [-0.4, -0.2) is 14.3 Å². The highest BCUT2D eigenvalue weighted by molar-refractivity contribution is 7.90. The number of nitrogens with one attached hydrogen (secondary N) is 2. The van der Waals surface area contributed by atoms with Gasteiger partial charge in [0.15, 0.2) is 0 Å². The van der Waals surface area contributed by atoms with E-state index < -0.39 is 16.3 Å². The smallest absolute Gasteiger partial charge is 0.296 e. The van der Waals surface area contributed by atoms with Crippen LogP contribution in [0.15, 0.2) is 41.8 Å². The maximum atomic E-state index is 12.0. The van der Waals surface area contributed by atoms with Crippen molar-refractivity contribution in [3.63, 3.8) is 0 Å². The van der Waals surface area contributed by atoms with Crippen LogP contribution in [0.2, 0.25) is 0 Å². The molecule has 1 aromatic heterocycles. The van der Waals surface area contributed by atoms with Crippen LogP contribution < -0.4 is 20.9 Å². The molecule has 0 saturated carbocycles. The van der Waals surface area contributed by atoms with E-state index in [2.05, 4.69) is 10.0 Å². The predicted molar refractivity (Wildman–Crippen MR) is 83.0 cm³/mol. The summed E-state index contributed by atoms with van der Waals surface area (Å²) < 4.78 is 24.0. The first-order chi connectivity index (χ1) is 9.85. The first-order valence-electron chi connectivity index (χ1n) is 5.85. The summed E-state index contributed by atoms with van der Waals surface area (Å²) in [6.07, 6.45) is 0.